The van der Waals surface area contributed by atoms with Gasteiger partial charge < -0.3 is 15.4 Å². The first kappa shape index (κ1) is 22.4. The molecule has 0 aliphatic heterocycles. The van der Waals surface area contributed by atoms with E-state index in [-0.39, 0.29) is 30.6 Å². The van der Waals surface area contributed by atoms with E-state index in [0.29, 0.717) is 16.9 Å². The molecule has 0 saturated heterocycles. The van der Waals surface area contributed by atoms with E-state index in [4.69, 9.17) is 16.3 Å². The van der Waals surface area contributed by atoms with Crippen LogP contribution in [0.25, 0.3) is 10.9 Å². The van der Waals surface area contributed by atoms with E-state index in [0.717, 1.165) is 11.6 Å². The normalized spacial score (nSPS) is 12.2. The second kappa shape index (κ2) is 9.04. The number of hydrogen-bond acceptors (Lipinski definition) is 6. The summed E-state index contributed by atoms with van der Waals surface area (Å²) >= 11 is 6.33. The molecule has 1 heterocycles. The molecule has 0 spiro atoms. The van der Waals surface area contributed by atoms with Crippen molar-refractivity contribution in [1.82, 2.24) is 9.71 Å². The quantitative estimate of drug-likeness (QED) is 0.529. The third-order valence-electron chi connectivity index (χ3n) is 3.81. The Morgan fingerprint density at radius 2 is 1.93 bits per heavy atom. The third-order valence-corrected chi connectivity index (χ3v) is 5.01. The topological polar surface area (TPSA) is 109 Å². The number of aromatic nitrogens is 1. The molecule has 10 heteroatoms. The summed E-state index contributed by atoms with van der Waals surface area (Å²) < 4.78 is 30.7. The molecule has 0 atom stereocenters. The van der Waals surface area contributed by atoms with Crippen LogP contribution >= 0.6 is 11.6 Å². The Kier molecular flexibility index (Phi) is 7.22. The van der Waals surface area contributed by atoms with Gasteiger partial charge in [0, 0.05) is 24.6 Å². The molecule has 0 aliphatic carbocycles. The summed E-state index contributed by atoms with van der Waals surface area (Å²) in [6.07, 6.45) is 1.27. The second-order valence-electron chi connectivity index (χ2n) is 7.07. The van der Waals surface area contributed by atoms with Gasteiger partial charge in [-0.05, 0) is 19.9 Å². The molecule has 3 N–H and O–H groups in total. The van der Waals surface area contributed by atoms with Crippen LogP contribution in [0.15, 0.2) is 24.3 Å². The van der Waals surface area contributed by atoms with E-state index in [9.17, 15) is 13.2 Å². The number of carbonyl (C=O) groups is 1. The van der Waals surface area contributed by atoms with Crippen molar-refractivity contribution in [1.29, 1.82) is 0 Å². The molecule has 1 aromatic carbocycles. The Hall–Kier alpha value is -1.94. The van der Waals surface area contributed by atoms with Gasteiger partial charge in [0.25, 0.3) is 0 Å². The van der Waals surface area contributed by atoms with Crippen molar-refractivity contribution in [2.45, 2.75) is 25.8 Å². The Morgan fingerprint density at radius 1 is 1.25 bits per heavy atom. The molecule has 0 radical (unpaired) electrons. The number of ether oxygens (including phenoxy) is 1. The van der Waals surface area contributed by atoms with Gasteiger partial charge in [0.15, 0.2) is 5.15 Å². The Bertz CT molecular complexity index is 963. The average Bonchev–Trinajstić information content (AvgIpc) is 2.57. The van der Waals surface area contributed by atoms with Gasteiger partial charge in [0.1, 0.15) is 5.69 Å². The standard InChI is InChI=1S/C18H25ClN4O4S/c1-18(2,23-28(4,25)26)11-20-15-12-7-5-6-8-13(12)21-17(19)16(15)22-14(24)9-10-27-3/h5-8,23H,9-11H2,1-4H3,(H,20,21)(H,22,24). The molecule has 2 rings (SSSR count). The average molecular weight is 429 g/mol. The van der Waals surface area contributed by atoms with Gasteiger partial charge in [0.05, 0.1) is 30.5 Å². The maximum absolute atomic E-state index is 12.2. The van der Waals surface area contributed by atoms with Gasteiger partial charge in [-0.2, -0.15) is 0 Å². The molecule has 0 unspecified atom stereocenters. The summed E-state index contributed by atoms with van der Waals surface area (Å²) in [7, 11) is -1.87. The van der Waals surface area contributed by atoms with Crippen molar-refractivity contribution in [3.8, 4) is 0 Å². The zero-order chi connectivity index (χ0) is 20.9. The van der Waals surface area contributed by atoms with Crippen LogP contribution in [0.5, 0.6) is 0 Å². The first-order chi connectivity index (χ1) is 13.0. The first-order valence-electron chi connectivity index (χ1n) is 8.62. The molecule has 2 aromatic rings. The van der Waals surface area contributed by atoms with Crippen LogP contribution in [0, 0.1) is 0 Å². The maximum atomic E-state index is 12.2. The van der Waals surface area contributed by atoms with Gasteiger partial charge in [-0.15, -0.1) is 0 Å². The third kappa shape index (κ3) is 6.30. The summed E-state index contributed by atoms with van der Waals surface area (Å²) in [5.41, 5.74) is 0.794. The van der Waals surface area contributed by atoms with Gasteiger partial charge in [-0.25, -0.2) is 18.1 Å². The zero-order valence-electron chi connectivity index (χ0n) is 16.3. The molecular weight excluding hydrogens is 404 g/mol. The van der Waals surface area contributed by atoms with E-state index in [1.165, 1.54) is 7.11 Å². The van der Waals surface area contributed by atoms with Crippen molar-refractivity contribution in [2.24, 2.45) is 0 Å². The molecule has 0 aliphatic rings. The molecule has 8 nitrogen and oxygen atoms in total. The number of sulfonamides is 1. The number of methoxy groups -OCH3 is 1. The minimum Gasteiger partial charge on any atom is -0.384 e. The predicted molar refractivity (Wildman–Crippen MR) is 112 cm³/mol. The molecule has 154 valence electrons. The van der Waals surface area contributed by atoms with Crippen molar-refractivity contribution in [3.05, 3.63) is 29.4 Å². The van der Waals surface area contributed by atoms with Gasteiger partial charge in [0.2, 0.25) is 15.9 Å². The Balaban J connectivity index is 2.40. The molecule has 0 saturated carbocycles. The number of anilines is 2. The van der Waals surface area contributed by atoms with E-state index in [1.54, 1.807) is 13.8 Å². The first-order valence-corrected chi connectivity index (χ1v) is 10.9. The highest BCUT2D eigenvalue weighted by Crippen LogP contribution is 2.36. The fourth-order valence-corrected chi connectivity index (χ4v) is 4.03. The predicted octanol–water partition coefficient (Wildman–Crippen LogP) is 2.60. The highest BCUT2D eigenvalue weighted by molar-refractivity contribution is 7.88. The minimum atomic E-state index is -3.39. The summed E-state index contributed by atoms with van der Waals surface area (Å²) in [5, 5.41) is 6.89. The number of hydrogen-bond donors (Lipinski definition) is 3. The number of halogens is 1. The largest absolute Gasteiger partial charge is 0.384 e. The molecule has 1 aromatic heterocycles. The van der Waals surface area contributed by atoms with E-state index >= 15 is 0 Å². The molecule has 0 bridgehead atoms. The lowest BCUT2D eigenvalue weighted by Crippen LogP contribution is -2.47. The lowest BCUT2D eigenvalue weighted by atomic mass is 10.1. The van der Waals surface area contributed by atoms with Crippen LogP contribution < -0.4 is 15.4 Å². The summed E-state index contributed by atoms with van der Waals surface area (Å²) in [5.74, 6) is -0.266. The van der Waals surface area contributed by atoms with E-state index in [2.05, 4.69) is 20.3 Å². The van der Waals surface area contributed by atoms with Gasteiger partial charge in [-0.3, -0.25) is 4.79 Å². The van der Waals surface area contributed by atoms with E-state index in [1.807, 2.05) is 24.3 Å². The smallest absolute Gasteiger partial charge is 0.226 e. The number of nitrogens with zero attached hydrogens (tertiary/aromatic N) is 1. The van der Waals surface area contributed by atoms with Crippen LogP contribution in [0.4, 0.5) is 11.4 Å². The van der Waals surface area contributed by atoms with Crippen LogP contribution in [-0.2, 0) is 19.6 Å². The monoisotopic (exact) mass is 428 g/mol. The number of rotatable bonds is 9. The molecular formula is C18H25ClN4O4S. The number of benzene rings is 1. The number of amides is 1. The van der Waals surface area contributed by atoms with Gasteiger partial charge >= 0.3 is 0 Å². The van der Waals surface area contributed by atoms with Crippen molar-refractivity contribution in [3.63, 3.8) is 0 Å². The van der Waals surface area contributed by atoms with Crippen LogP contribution in [0.1, 0.15) is 20.3 Å². The summed E-state index contributed by atoms with van der Waals surface area (Å²) in [4.78, 5) is 16.5. The van der Waals surface area contributed by atoms with Crippen molar-refractivity contribution < 1.29 is 17.9 Å². The number of nitrogens with one attached hydrogen (secondary N) is 3. The fraction of sp³-hybridized carbons (Fsp3) is 0.444. The summed E-state index contributed by atoms with van der Waals surface area (Å²) in [6, 6.07) is 7.34. The Morgan fingerprint density at radius 3 is 2.57 bits per heavy atom. The molecule has 1 amide bonds. The highest BCUT2D eigenvalue weighted by atomic mass is 35.5. The second-order valence-corrected chi connectivity index (χ2v) is 9.18. The number of fused-ring (bicyclic) bond motifs is 1. The molecule has 28 heavy (non-hydrogen) atoms. The highest BCUT2D eigenvalue weighted by Gasteiger charge is 2.24. The number of para-hydroxylation sites is 1. The van der Waals surface area contributed by atoms with E-state index < -0.39 is 15.6 Å². The van der Waals surface area contributed by atoms with Crippen molar-refractivity contribution >= 4 is 49.8 Å². The minimum absolute atomic E-state index is 0.140. The SMILES string of the molecule is COCCC(=O)Nc1c(Cl)nc2ccccc2c1NCC(C)(C)NS(C)(=O)=O. The van der Waals surface area contributed by atoms with Crippen LogP contribution in [0.3, 0.4) is 0 Å². The lowest BCUT2D eigenvalue weighted by Gasteiger charge is -2.27. The lowest BCUT2D eigenvalue weighted by molar-refractivity contribution is -0.117. The van der Waals surface area contributed by atoms with Gasteiger partial charge in [-0.1, -0.05) is 29.8 Å². The molecule has 0 fully saturated rings. The number of pyridine rings is 1. The zero-order valence-corrected chi connectivity index (χ0v) is 17.9. The maximum Gasteiger partial charge on any atom is 0.226 e. The fourth-order valence-electron chi connectivity index (χ4n) is 2.72. The van der Waals surface area contributed by atoms with Crippen LogP contribution in [0.2, 0.25) is 5.15 Å². The summed E-state index contributed by atoms with van der Waals surface area (Å²) in [6.45, 7) is 4.04. The van der Waals surface area contributed by atoms with Crippen molar-refractivity contribution in [2.75, 3.05) is 37.2 Å². The number of carbonyl (C=O) groups excluding carboxylic acids is 1. The van der Waals surface area contributed by atoms with Crippen LogP contribution in [-0.4, -0.2) is 51.4 Å². The Labute approximate surface area is 170 Å².